The van der Waals surface area contributed by atoms with E-state index in [0.29, 0.717) is 29.6 Å². The van der Waals surface area contributed by atoms with E-state index in [9.17, 15) is 22.8 Å². The number of hydrogen-bond acceptors (Lipinski definition) is 5. The average molecular weight is 400 g/mol. The Bertz CT molecular complexity index is 851. The fourth-order valence-electron chi connectivity index (χ4n) is 2.32. The molecule has 0 spiro atoms. The van der Waals surface area contributed by atoms with E-state index in [1.165, 1.54) is 11.3 Å². The molecule has 0 atom stereocenters. The highest BCUT2D eigenvalue weighted by molar-refractivity contribution is 7.17. The molecule has 6 nitrogen and oxygen atoms in total. The highest BCUT2D eigenvalue weighted by Gasteiger charge is 2.27. The van der Waals surface area contributed by atoms with Crippen LogP contribution in [-0.2, 0) is 4.79 Å². The lowest BCUT2D eigenvalue weighted by molar-refractivity contribution is -0.137. The first kappa shape index (κ1) is 19.0. The first-order valence-electron chi connectivity index (χ1n) is 7.93. The third-order valence-electron chi connectivity index (χ3n) is 3.55. The fourth-order valence-corrected chi connectivity index (χ4v) is 3.24. The number of rotatable bonds is 5. The summed E-state index contributed by atoms with van der Waals surface area (Å²) < 4.78 is 47.1. The lowest BCUT2D eigenvalue weighted by Gasteiger charge is -2.18. The molecule has 27 heavy (non-hydrogen) atoms. The van der Waals surface area contributed by atoms with Gasteiger partial charge >= 0.3 is 6.18 Å². The van der Waals surface area contributed by atoms with Gasteiger partial charge in [-0.2, -0.15) is 13.2 Å². The van der Waals surface area contributed by atoms with Crippen LogP contribution >= 0.6 is 11.3 Å². The summed E-state index contributed by atoms with van der Waals surface area (Å²) in [6, 6.07) is 8.76. The summed E-state index contributed by atoms with van der Waals surface area (Å²) in [6.07, 6.45) is -4.49. The standard InChI is InChI=1S/C17H15F3N2O4S/c18-17(19,20)9-22-15(23)8-21-16(24)14-4-3-13(27-14)10-1-2-11-12(7-10)26-6-5-25-11/h1-4,7H,5-6,8-9H2,(H,21,24)(H,22,23). The van der Waals surface area contributed by atoms with Crippen molar-refractivity contribution in [3.63, 3.8) is 0 Å². The topological polar surface area (TPSA) is 76.7 Å². The van der Waals surface area contributed by atoms with Gasteiger partial charge in [0.25, 0.3) is 5.91 Å². The van der Waals surface area contributed by atoms with E-state index in [0.717, 1.165) is 10.4 Å². The monoisotopic (exact) mass is 400 g/mol. The van der Waals surface area contributed by atoms with Crippen LogP contribution in [0.3, 0.4) is 0 Å². The second-order valence-corrected chi connectivity index (χ2v) is 6.68. The number of thiophene rings is 1. The Labute approximate surface area is 156 Å². The van der Waals surface area contributed by atoms with Crippen molar-refractivity contribution < 1.29 is 32.2 Å². The van der Waals surface area contributed by atoms with Crippen LogP contribution in [0.5, 0.6) is 11.5 Å². The van der Waals surface area contributed by atoms with Gasteiger partial charge in [0.1, 0.15) is 19.8 Å². The summed E-state index contributed by atoms with van der Waals surface area (Å²) in [5, 5.41) is 3.99. The molecule has 144 valence electrons. The van der Waals surface area contributed by atoms with Crippen molar-refractivity contribution in [1.29, 1.82) is 0 Å². The number of halogens is 3. The average Bonchev–Trinajstić information content (AvgIpc) is 3.13. The quantitative estimate of drug-likeness (QED) is 0.809. The van der Waals surface area contributed by atoms with E-state index in [-0.39, 0.29) is 0 Å². The molecule has 10 heteroatoms. The van der Waals surface area contributed by atoms with Crippen molar-refractivity contribution in [3.05, 3.63) is 35.2 Å². The van der Waals surface area contributed by atoms with Gasteiger partial charge in [-0.3, -0.25) is 9.59 Å². The second kappa shape index (κ2) is 7.87. The Hall–Kier alpha value is -2.75. The maximum absolute atomic E-state index is 12.1. The Balaban J connectivity index is 1.58. The van der Waals surface area contributed by atoms with Gasteiger partial charge in [-0.1, -0.05) is 0 Å². The molecule has 0 unspecified atom stereocenters. The summed E-state index contributed by atoms with van der Waals surface area (Å²) in [5.74, 6) is -0.167. The molecule has 1 aliphatic heterocycles. The van der Waals surface area contributed by atoms with E-state index in [1.807, 2.05) is 12.1 Å². The smallest absolute Gasteiger partial charge is 0.405 e. The van der Waals surface area contributed by atoms with Crippen LogP contribution in [0.4, 0.5) is 13.2 Å². The number of ether oxygens (including phenoxy) is 2. The summed E-state index contributed by atoms with van der Waals surface area (Å²) >= 11 is 1.19. The predicted molar refractivity (Wildman–Crippen MR) is 92.1 cm³/mol. The zero-order valence-electron chi connectivity index (χ0n) is 13.9. The Morgan fingerprint density at radius 2 is 1.78 bits per heavy atom. The molecule has 0 aliphatic carbocycles. The van der Waals surface area contributed by atoms with Gasteiger partial charge in [0.2, 0.25) is 5.91 Å². The van der Waals surface area contributed by atoms with Crippen LogP contribution in [0.2, 0.25) is 0 Å². The second-order valence-electron chi connectivity index (χ2n) is 5.60. The molecule has 0 fully saturated rings. The number of benzene rings is 1. The SMILES string of the molecule is O=C(CNC(=O)c1ccc(-c2ccc3c(c2)OCCO3)s1)NCC(F)(F)F. The Morgan fingerprint density at radius 1 is 1.04 bits per heavy atom. The van der Waals surface area contributed by atoms with E-state index in [4.69, 9.17) is 9.47 Å². The molecule has 0 bridgehead atoms. The van der Waals surface area contributed by atoms with E-state index >= 15 is 0 Å². The number of hydrogen-bond donors (Lipinski definition) is 2. The summed E-state index contributed by atoms with van der Waals surface area (Å²) in [5.41, 5.74) is 0.839. The van der Waals surface area contributed by atoms with Crippen LogP contribution < -0.4 is 20.1 Å². The molecular weight excluding hydrogens is 385 g/mol. The van der Waals surface area contributed by atoms with Crippen LogP contribution in [-0.4, -0.2) is 44.3 Å². The summed E-state index contributed by atoms with van der Waals surface area (Å²) in [7, 11) is 0. The third-order valence-corrected chi connectivity index (χ3v) is 4.69. The van der Waals surface area contributed by atoms with Crippen molar-refractivity contribution in [2.45, 2.75) is 6.18 Å². The first-order chi connectivity index (χ1) is 12.8. The third kappa shape index (κ3) is 5.13. The van der Waals surface area contributed by atoms with E-state index in [2.05, 4.69) is 5.32 Å². The number of nitrogens with one attached hydrogen (secondary N) is 2. The first-order valence-corrected chi connectivity index (χ1v) is 8.75. The van der Waals surface area contributed by atoms with E-state index < -0.39 is 31.1 Å². The zero-order chi connectivity index (χ0) is 19.4. The molecule has 1 aromatic heterocycles. The molecule has 0 radical (unpaired) electrons. The molecule has 2 heterocycles. The van der Waals surface area contributed by atoms with Crippen LogP contribution in [0.1, 0.15) is 9.67 Å². The number of fused-ring (bicyclic) bond motifs is 1. The molecule has 0 saturated heterocycles. The predicted octanol–water partition coefficient (Wildman–Crippen LogP) is 2.59. The normalized spacial score (nSPS) is 13.1. The van der Waals surface area contributed by atoms with Crippen molar-refractivity contribution in [3.8, 4) is 21.9 Å². The Morgan fingerprint density at radius 3 is 2.52 bits per heavy atom. The molecule has 2 N–H and O–H groups in total. The molecule has 1 aliphatic rings. The van der Waals surface area contributed by atoms with Crippen molar-refractivity contribution in [2.75, 3.05) is 26.3 Å². The zero-order valence-corrected chi connectivity index (χ0v) is 14.7. The maximum atomic E-state index is 12.1. The van der Waals surface area contributed by atoms with Crippen LogP contribution in [0, 0.1) is 0 Å². The lowest BCUT2D eigenvalue weighted by atomic mass is 10.1. The summed E-state index contributed by atoms with van der Waals surface area (Å²) in [4.78, 5) is 24.6. The maximum Gasteiger partial charge on any atom is 0.405 e. The van der Waals surface area contributed by atoms with Gasteiger partial charge in [0, 0.05) is 4.88 Å². The highest BCUT2D eigenvalue weighted by atomic mass is 32.1. The molecule has 2 amide bonds. The molecule has 2 aromatic rings. The number of amides is 2. The van der Waals surface area contributed by atoms with Crippen molar-refractivity contribution in [1.82, 2.24) is 10.6 Å². The highest BCUT2D eigenvalue weighted by Crippen LogP contribution is 2.36. The minimum atomic E-state index is -4.49. The van der Waals surface area contributed by atoms with Gasteiger partial charge in [-0.25, -0.2) is 0 Å². The fraction of sp³-hybridized carbons (Fsp3) is 0.294. The number of carbonyl (C=O) groups excluding carboxylic acids is 2. The summed E-state index contributed by atoms with van der Waals surface area (Å²) in [6.45, 7) is -1.02. The van der Waals surface area contributed by atoms with Gasteiger partial charge in [0.05, 0.1) is 11.4 Å². The van der Waals surface area contributed by atoms with Crippen molar-refractivity contribution >= 4 is 23.2 Å². The molecule has 0 saturated carbocycles. The van der Waals surface area contributed by atoms with Gasteiger partial charge in [-0.15, -0.1) is 11.3 Å². The largest absolute Gasteiger partial charge is 0.486 e. The van der Waals surface area contributed by atoms with Crippen LogP contribution in [0.25, 0.3) is 10.4 Å². The van der Waals surface area contributed by atoms with Gasteiger partial charge in [-0.05, 0) is 35.9 Å². The minimum absolute atomic E-state index is 0.337. The lowest BCUT2D eigenvalue weighted by Crippen LogP contribution is -2.40. The Kier molecular flexibility index (Phi) is 5.54. The van der Waals surface area contributed by atoms with Crippen LogP contribution in [0.15, 0.2) is 30.3 Å². The van der Waals surface area contributed by atoms with E-state index in [1.54, 1.807) is 23.5 Å². The van der Waals surface area contributed by atoms with Gasteiger partial charge in [0.15, 0.2) is 11.5 Å². The minimum Gasteiger partial charge on any atom is -0.486 e. The van der Waals surface area contributed by atoms with Crippen molar-refractivity contribution in [2.24, 2.45) is 0 Å². The molecular formula is C17H15F3N2O4S. The molecule has 3 rings (SSSR count). The molecule has 1 aromatic carbocycles. The number of alkyl halides is 3. The number of carbonyl (C=O) groups is 2. The van der Waals surface area contributed by atoms with Gasteiger partial charge < -0.3 is 20.1 Å².